The molecule has 1 N–H and O–H groups in total. The van der Waals surface area contributed by atoms with Gasteiger partial charge in [0.2, 0.25) is 0 Å². The molecule has 4 aliphatic rings. The second-order valence-corrected chi connectivity index (χ2v) is 12.2. The van der Waals surface area contributed by atoms with Crippen LogP contribution in [0, 0.1) is 11.8 Å². The first-order valence-electron chi connectivity index (χ1n) is 14.6. The molecular formula is C31H38N4O2. The van der Waals surface area contributed by atoms with Crippen LogP contribution in [-0.2, 0) is 0 Å². The van der Waals surface area contributed by atoms with Gasteiger partial charge >= 0.3 is 0 Å². The molecule has 37 heavy (non-hydrogen) atoms. The van der Waals surface area contributed by atoms with Gasteiger partial charge in [-0.15, -0.1) is 0 Å². The van der Waals surface area contributed by atoms with Crippen LogP contribution in [0.2, 0.25) is 0 Å². The molecule has 0 radical (unpaired) electrons. The Morgan fingerprint density at radius 2 is 1.46 bits per heavy atom. The fourth-order valence-electron chi connectivity index (χ4n) is 8.61. The highest BCUT2D eigenvalue weighted by molar-refractivity contribution is 5.77. The predicted octanol–water partition coefficient (Wildman–Crippen LogP) is 5.67. The molecule has 6 nitrogen and oxygen atoms in total. The Morgan fingerprint density at radius 1 is 0.730 bits per heavy atom. The molecule has 3 aromatic rings. The quantitative estimate of drug-likeness (QED) is 0.505. The molecule has 0 unspecified atom stereocenters. The second-order valence-electron chi connectivity index (χ2n) is 12.2. The van der Waals surface area contributed by atoms with E-state index in [1.165, 1.54) is 64.2 Å². The molecule has 2 aliphatic heterocycles. The number of piperidine rings is 2. The third-order valence-electron chi connectivity index (χ3n) is 10.0. The molecule has 2 aliphatic carbocycles. The van der Waals surface area contributed by atoms with E-state index in [2.05, 4.69) is 9.88 Å². The highest BCUT2D eigenvalue weighted by atomic mass is 16.1. The molecule has 7 rings (SSSR count). The average molecular weight is 499 g/mol. The van der Waals surface area contributed by atoms with Gasteiger partial charge in [0.05, 0.1) is 16.6 Å². The van der Waals surface area contributed by atoms with Crippen LogP contribution in [0.25, 0.3) is 22.3 Å². The number of rotatable bonds is 3. The minimum absolute atomic E-state index is 0.129. The van der Waals surface area contributed by atoms with Crippen molar-refractivity contribution in [3.8, 4) is 11.3 Å². The number of pyridine rings is 1. The van der Waals surface area contributed by atoms with E-state index < -0.39 is 0 Å². The molecule has 6 atom stereocenters. The third kappa shape index (κ3) is 4.18. The third-order valence-corrected chi connectivity index (χ3v) is 10.0. The zero-order valence-corrected chi connectivity index (χ0v) is 21.6. The topological polar surface area (TPSA) is 71.0 Å². The number of para-hydroxylation sites is 2. The van der Waals surface area contributed by atoms with Crippen LogP contribution in [0.1, 0.15) is 83.1 Å². The van der Waals surface area contributed by atoms with Crippen molar-refractivity contribution in [2.24, 2.45) is 11.8 Å². The van der Waals surface area contributed by atoms with Gasteiger partial charge in [0, 0.05) is 30.4 Å². The standard InChI is InChI=1S/C31H38N4O2/c36-30-26(11-6-14-32-30)29-31(37)35(28-13-4-3-12-27(28)33-29)25-18-22-9-5-10-23(19-25)34(22)24-16-20-7-1-2-8-21(15-20)17-24/h3-4,6,11-14,20-25H,1-2,5,7-10,15-19H2,(H,32,36)/t20-,21+,22-,23+,24-,25+. The maximum Gasteiger partial charge on any atom is 0.278 e. The van der Waals surface area contributed by atoms with Crippen LogP contribution in [0.15, 0.2) is 52.2 Å². The Kier molecular flexibility index (Phi) is 6.03. The van der Waals surface area contributed by atoms with E-state index in [-0.39, 0.29) is 22.9 Å². The second kappa shape index (κ2) is 9.54. The maximum absolute atomic E-state index is 14.0. The molecule has 2 saturated heterocycles. The maximum atomic E-state index is 14.0. The normalized spacial score (nSPS) is 32.2. The Morgan fingerprint density at radius 3 is 2.19 bits per heavy atom. The SMILES string of the molecule is O=c1[nH]cccc1-c1nc2ccccc2n([C@H]2C[C@H]3CCC[C@@H](C2)N3[C@@H]2C[C@@H]3CCCC[C@@H](C3)C2)c1=O. The van der Waals surface area contributed by atoms with Gasteiger partial charge in [-0.3, -0.25) is 14.5 Å². The Hall–Kier alpha value is -2.73. The summed E-state index contributed by atoms with van der Waals surface area (Å²) in [4.78, 5) is 37.0. The fraction of sp³-hybridized carbons (Fsp3) is 0.581. The van der Waals surface area contributed by atoms with Gasteiger partial charge in [-0.05, 0) is 81.0 Å². The van der Waals surface area contributed by atoms with Crippen LogP contribution in [-0.4, -0.2) is 37.6 Å². The molecule has 0 spiro atoms. The number of nitrogens with zero attached hydrogens (tertiary/aromatic N) is 3. The average Bonchev–Trinajstić information content (AvgIpc) is 3.07. The van der Waals surface area contributed by atoms with E-state index in [1.807, 2.05) is 28.8 Å². The van der Waals surface area contributed by atoms with Crippen LogP contribution in [0.5, 0.6) is 0 Å². The van der Waals surface area contributed by atoms with E-state index in [1.54, 1.807) is 18.3 Å². The number of aromatic nitrogens is 3. The lowest BCUT2D eigenvalue weighted by molar-refractivity contribution is -0.0420. The van der Waals surface area contributed by atoms with Gasteiger partial charge in [-0.1, -0.05) is 44.2 Å². The van der Waals surface area contributed by atoms with Gasteiger partial charge in [-0.2, -0.15) is 0 Å². The zero-order chi connectivity index (χ0) is 24.9. The molecule has 6 heteroatoms. The summed E-state index contributed by atoms with van der Waals surface area (Å²) in [7, 11) is 0. The Labute approximate surface area is 218 Å². The highest BCUT2D eigenvalue weighted by Crippen LogP contribution is 2.47. The van der Waals surface area contributed by atoms with Gasteiger partial charge in [0.15, 0.2) is 0 Å². The van der Waals surface area contributed by atoms with Gasteiger partial charge in [0.1, 0.15) is 5.69 Å². The molecule has 2 aromatic heterocycles. The van der Waals surface area contributed by atoms with Crippen LogP contribution in [0.4, 0.5) is 0 Å². The van der Waals surface area contributed by atoms with Crippen LogP contribution < -0.4 is 11.1 Å². The number of H-pyrrole nitrogens is 1. The molecule has 4 fully saturated rings. The summed E-state index contributed by atoms with van der Waals surface area (Å²) in [5.41, 5.74) is 1.90. The van der Waals surface area contributed by atoms with Crippen molar-refractivity contribution in [3.63, 3.8) is 0 Å². The van der Waals surface area contributed by atoms with E-state index in [4.69, 9.17) is 4.98 Å². The summed E-state index contributed by atoms with van der Waals surface area (Å²) >= 11 is 0. The first kappa shape index (κ1) is 23.4. The summed E-state index contributed by atoms with van der Waals surface area (Å²) in [5.74, 6) is 1.84. The monoisotopic (exact) mass is 498 g/mol. The highest BCUT2D eigenvalue weighted by Gasteiger charge is 2.45. The van der Waals surface area contributed by atoms with Crippen molar-refractivity contribution in [2.75, 3.05) is 0 Å². The van der Waals surface area contributed by atoms with Gasteiger partial charge < -0.3 is 9.55 Å². The molecule has 1 aromatic carbocycles. The molecular weight excluding hydrogens is 460 g/mol. The van der Waals surface area contributed by atoms with E-state index in [9.17, 15) is 9.59 Å². The van der Waals surface area contributed by atoms with E-state index in [0.717, 1.165) is 41.8 Å². The summed E-state index contributed by atoms with van der Waals surface area (Å²) in [6, 6.07) is 13.4. The van der Waals surface area contributed by atoms with Crippen molar-refractivity contribution in [2.45, 2.75) is 101 Å². The minimum Gasteiger partial charge on any atom is -0.329 e. The van der Waals surface area contributed by atoms with Gasteiger partial charge in [-0.25, -0.2) is 4.98 Å². The molecule has 4 bridgehead atoms. The summed E-state index contributed by atoms with van der Waals surface area (Å²) in [6.45, 7) is 0. The summed E-state index contributed by atoms with van der Waals surface area (Å²) < 4.78 is 2.01. The van der Waals surface area contributed by atoms with Crippen molar-refractivity contribution >= 4 is 11.0 Å². The summed E-state index contributed by atoms with van der Waals surface area (Å²) in [6.07, 6.45) is 17.3. The molecule has 0 amide bonds. The van der Waals surface area contributed by atoms with E-state index in [0.29, 0.717) is 17.6 Å². The molecule has 4 heterocycles. The predicted molar refractivity (Wildman–Crippen MR) is 147 cm³/mol. The van der Waals surface area contributed by atoms with Gasteiger partial charge in [0.25, 0.3) is 11.1 Å². The number of hydrogen-bond donors (Lipinski definition) is 1. The lowest BCUT2D eigenvalue weighted by atomic mass is 9.73. The van der Waals surface area contributed by atoms with Crippen LogP contribution >= 0.6 is 0 Å². The number of fused-ring (bicyclic) bond motifs is 5. The first-order chi connectivity index (χ1) is 18.2. The van der Waals surface area contributed by atoms with Crippen molar-refractivity contribution in [1.29, 1.82) is 0 Å². The first-order valence-corrected chi connectivity index (χ1v) is 14.6. The van der Waals surface area contributed by atoms with Crippen molar-refractivity contribution in [3.05, 3.63) is 63.3 Å². The zero-order valence-electron chi connectivity index (χ0n) is 21.6. The largest absolute Gasteiger partial charge is 0.329 e. The fourth-order valence-corrected chi connectivity index (χ4v) is 8.61. The Balaban J connectivity index is 1.26. The number of aromatic amines is 1. The van der Waals surface area contributed by atoms with Crippen LogP contribution in [0.3, 0.4) is 0 Å². The smallest absolute Gasteiger partial charge is 0.278 e. The molecule has 2 saturated carbocycles. The number of hydrogen-bond acceptors (Lipinski definition) is 4. The van der Waals surface area contributed by atoms with Crippen molar-refractivity contribution in [1.82, 2.24) is 19.4 Å². The summed E-state index contributed by atoms with van der Waals surface area (Å²) in [5, 5.41) is 0. The van der Waals surface area contributed by atoms with Crippen molar-refractivity contribution < 1.29 is 0 Å². The van der Waals surface area contributed by atoms with E-state index >= 15 is 0 Å². The lowest BCUT2D eigenvalue weighted by Gasteiger charge is -2.54. The Bertz CT molecular complexity index is 1380. The number of benzene rings is 1. The molecule has 194 valence electrons. The minimum atomic E-state index is -0.264. The lowest BCUT2D eigenvalue weighted by Crippen LogP contribution is -2.58. The number of nitrogens with one attached hydrogen (secondary N) is 1.